The Labute approximate surface area is 180 Å². The molecule has 1 aliphatic rings. The molecule has 1 heterocycles. The molecule has 0 aromatic heterocycles. The number of rotatable bonds is 6. The van der Waals surface area contributed by atoms with Crippen molar-refractivity contribution in [1.82, 2.24) is 10.2 Å². The minimum atomic E-state index is -4.49. The van der Waals surface area contributed by atoms with E-state index in [1.807, 2.05) is 24.3 Å². The Balaban J connectivity index is 1.82. The van der Waals surface area contributed by atoms with E-state index in [9.17, 15) is 22.8 Å². The van der Waals surface area contributed by atoms with Crippen LogP contribution in [0.2, 0.25) is 0 Å². The molecule has 158 valence electrons. The van der Waals surface area contributed by atoms with Crippen LogP contribution in [0.1, 0.15) is 35.6 Å². The average molecular weight is 481 g/mol. The second-order valence-electron chi connectivity index (χ2n) is 6.98. The van der Waals surface area contributed by atoms with Crippen molar-refractivity contribution < 1.29 is 22.8 Å². The number of hydrogen-bond acceptors (Lipinski definition) is 2. The van der Waals surface area contributed by atoms with Crippen molar-refractivity contribution in [1.29, 1.82) is 0 Å². The zero-order valence-electron chi connectivity index (χ0n) is 16.0. The van der Waals surface area contributed by atoms with Gasteiger partial charge in [0.2, 0.25) is 11.8 Å². The Morgan fingerprint density at radius 3 is 2.63 bits per heavy atom. The number of carbonyl (C=O) groups is 2. The van der Waals surface area contributed by atoms with Crippen LogP contribution in [0.5, 0.6) is 0 Å². The van der Waals surface area contributed by atoms with E-state index in [1.54, 1.807) is 11.0 Å². The molecule has 2 aromatic carbocycles. The number of alkyl halides is 3. The van der Waals surface area contributed by atoms with Crippen molar-refractivity contribution in [2.24, 2.45) is 0 Å². The van der Waals surface area contributed by atoms with Crippen LogP contribution in [-0.2, 0) is 15.8 Å². The second kappa shape index (κ2) is 9.47. The summed E-state index contributed by atoms with van der Waals surface area (Å²) in [5.41, 5.74) is 0.293. The molecule has 8 heteroatoms. The molecule has 30 heavy (non-hydrogen) atoms. The van der Waals surface area contributed by atoms with Crippen LogP contribution in [0.3, 0.4) is 0 Å². The predicted molar refractivity (Wildman–Crippen MR) is 111 cm³/mol. The average Bonchev–Trinajstić information content (AvgIpc) is 3.11. The van der Waals surface area contributed by atoms with Crippen molar-refractivity contribution in [2.45, 2.75) is 25.1 Å². The topological polar surface area (TPSA) is 49.4 Å². The maximum atomic E-state index is 13.1. The van der Waals surface area contributed by atoms with Crippen molar-refractivity contribution in [2.75, 3.05) is 13.1 Å². The van der Waals surface area contributed by atoms with E-state index in [-0.39, 0.29) is 12.5 Å². The van der Waals surface area contributed by atoms with Crippen molar-refractivity contribution in [3.05, 3.63) is 75.8 Å². The van der Waals surface area contributed by atoms with E-state index >= 15 is 0 Å². The number of likely N-dealkylation sites (tertiary alicyclic amines) is 1. The molecule has 4 nitrogen and oxygen atoms in total. The van der Waals surface area contributed by atoms with Gasteiger partial charge in [-0.05, 0) is 41.8 Å². The van der Waals surface area contributed by atoms with E-state index in [0.29, 0.717) is 24.9 Å². The quantitative estimate of drug-likeness (QED) is 0.594. The van der Waals surface area contributed by atoms with Gasteiger partial charge in [-0.1, -0.05) is 46.3 Å². The number of hydrogen-bond donors (Lipinski definition) is 1. The Hall–Kier alpha value is -2.61. The molecule has 3 rings (SSSR count). The lowest BCUT2D eigenvalue weighted by atomic mass is 10.0. The molecule has 0 spiro atoms. The Morgan fingerprint density at radius 1 is 1.20 bits per heavy atom. The monoisotopic (exact) mass is 480 g/mol. The summed E-state index contributed by atoms with van der Waals surface area (Å²) in [5.74, 6) is -0.523. The molecule has 1 unspecified atom stereocenters. The molecule has 0 aliphatic carbocycles. The van der Waals surface area contributed by atoms with Crippen molar-refractivity contribution >= 4 is 33.8 Å². The summed E-state index contributed by atoms with van der Waals surface area (Å²) in [4.78, 5) is 26.1. The fourth-order valence-electron chi connectivity index (χ4n) is 3.28. The van der Waals surface area contributed by atoms with Crippen molar-refractivity contribution in [3.63, 3.8) is 0 Å². The molecule has 0 saturated carbocycles. The lowest BCUT2D eigenvalue weighted by Gasteiger charge is -2.25. The molecular formula is C22H20BrF3N2O2. The number of carbonyl (C=O) groups excluding carboxylic acids is 2. The third-order valence-corrected chi connectivity index (χ3v) is 5.55. The lowest BCUT2D eigenvalue weighted by Crippen LogP contribution is -2.38. The van der Waals surface area contributed by atoms with E-state index in [1.165, 1.54) is 18.2 Å². The third kappa shape index (κ3) is 5.72. The van der Waals surface area contributed by atoms with Gasteiger partial charge in [0.1, 0.15) is 0 Å². The molecule has 1 saturated heterocycles. The number of halogens is 4. The van der Waals surface area contributed by atoms with E-state index in [0.717, 1.165) is 22.2 Å². The molecule has 0 bridgehead atoms. The SMILES string of the molecule is O=C(C=Cc1ccccc1Br)NC(CN1CCCC1=O)c1cccc(C(F)(F)F)c1. The molecule has 1 fully saturated rings. The zero-order valence-corrected chi connectivity index (χ0v) is 17.5. The van der Waals surface area contributed by atoms with Crippen molar-refractivity contribution in [3.8, 4) is 0 Å². The highest BCUT2D eigenvalue weighted by atomic mass is 79.9. The fraction of sp³-hybridized carbons (Fsp3) is 0.273. The summed E-state index contributed by atoms with van der Waals surface area (Å²) in [6, 6.07) is 11.4. The highest BCUT2D eigenvalue weighted by Crippen LogP contribution is 2.31. The molecule has 2 aromatic rings. The standard InChI is InChI=1S/C22H20BrF3N2O2/c23-18-8-2-1-5-15(18)10-11-20(29)27-19(14-28-12-4-9-21(28)30)16-6-3-7-17(13-16)22(24,25)26/h1-3,5-8,10-11,13,19H,4,9,12,14H2,(H,27,29). The minimum absolute atomic E-state index is 0.0648. The van der Waals surface area contributed by atoms with Crippen LogP contribution in [0.4, 0.5) is 13.2 Å². The summed E-state index contributed by atoms with van der Waals surface area (Å²) in [7, 11) is 0. The maximum Gasteiger partial charge on any atom is 0.416 e. The highest BCUT2D eigenvalue weighted by molar-refractivity contribution is 9.10. The van der Waals surface area contributed by atoms with Crippen LogP contribution >= 0.6 is 15.9 Å². The van der Waals surface area contributed by atoms with Gasteiger partial charge in [0.05, 0.1) is 11.6 Å². The van der Waals surface area contributed by atoms with E-state index < -0.39 is 23.7 Å². The van der Waals surface area contributed by atoms with Crippen LogP contribution in [0.25, 0.3) is 6.08 Å². The van der Waals surface area contributed by atoms with Gasteiger partial charge >= 0.3 is 6.18 Å². The fourth-order valence-corrected chi connectivity index (χ4v) is 3.70. The first kappa shape index (κ1) is 22.1. The summed E-state index contributed by atoms with van der Waals surface area (Å²) in [5, 5.41) is 2.75. The van der Waals surface area contributed by atoms with Gasteiger partial charge in [-0.15, -0.1) is 0 Å². The second-order valence-corrected chi connectivity index (χ2v) is 7.84. The van der Waals surface area contributed by atoms with Crippen LogP contribution in [0.15, 0.2) is 59.1 Å². The Morgan fingerprint density at radius 2 is 1.97 bits per heavy atom. The number of amides is 2. The van der Waals surface area contributed by atoms with Gasteiger partial charge < -0.3 is 10.2 Å². The van der Waals surface area contributed by atoms with Crippen LogP contribution in [-0.4, -0.2) is 29.8 Å². The first-order valence-corrected chi connectivity index (χ1v) is 10.2. The van der Waals surface area contributed by atoms with Crippen LogP contribution in [0, 0.1) is 0 Å². The number of nitrogens with one attached hydrogen (secondary N) is 1. The molecule has 2 amide bonds. The summed E-state index contributed by atoms with van der Waals surface area (Å²) >= 11 is 3.39. The summed E-state index contributed by atoms with van der Waals surface area (Å²) in [6.07, 6.45) is -0.446. The zero-order chi connectivity index (χ0) is 21.7. The molecule has 1 atom stereocenters. The summed E-state index contributed by atoms with van der Waals surface area (Å²) in [6.45, 7) is 0.645. The van der Waals surface area contributed by atoms with Gasteiger partial charge in [0.15, 0.2) is 0 Å². The Kier molecular flexibility index (Phi) is 6.97. The first-order valence-electron chi connectivity index (χ1n) is 9.42. The van der Waals surface area contributed by atoms with Gasteiger partial charge in [-0.25, -0.2) is 0 Å². The van der Waals surface area contributed by atoms with E-state index in [4.69, 9.17) is 0 Å². The smallest absolute Gasteiger partial charge is 0.344 e. The summed E-state index contributed by atoms with van der Waals surface area (Å²) < 4.78 is 40.2. The van der Waals surface area contributed by atoms with Crippen LogP contribution < -0.4 is 5.32 Å². The van der Waals surface area contributed by atoms with Gasteiger partial charge in [-0.3, -0.25) is 9.59 Å². The predicted octanol–water partition coefficient (Wildman–Crippen LogP) is 4.96. The van der Waals surface area contributed by atoms with Gasteiger partial charge in [-0.2, -0.15) is 13.2 Å². The largest absolute Gasteiger partial charge is 0.416 e. The normalized spacial score (nSPS) is 15.6. The Bertz CT molecular complexity index is 959. The molecule has 1 N–H and O–H groups in total. The molecule has 1 aliphatic heterocycles. The molecule has 0 radical (unpaired) electrons. The third-order valence-electron chi connectivity index (χ3n) is 4.83. The number of nitrogens with zero attached hydrogens (tertiary/aromatic N) is 1. The highest BCUT2D eigenvalue weighted by Gasteiger charge is 2.32. The molecular weight excluding hydrogens is 461 g/mol. The first-order chi connectivity index (χ1) is 14.2. The van der Waals surface area contributed by atoms with E-state index in [2.05, 4.69) is 21.2 Å². The maximum absolute atomic E-state index is 13.1. The van der Waals surface area contributed by atoms with Gasteiger partial charge in [0, 0.05) is 30.1 Å². The number of benzene rings is 2. The van der Waals surface area contributed by atoms with Gasteiger partial charge in [0.25, 0.3) is 0 Å². The minimum Gasteiger partial charge on any atom is -0.344 e. The lowest BCUT2D eigenvalue weighted by molar-refractivity contribution is -0.137.